The van der Waals surface area contributed by atoms with Crippen molar-refractivity contribution in [2.75, 3.05) is 19.6 Å². The fraction of sp³-hybridized carbons (Fsp3) is 0.800. The number of hydrogen-bond acceptors (Lipinski definition) is 2. The van der Waals surface area contributed by atoms with E-state index in [1.807, 2.05) is 6.92 Å². The van der Waals surface area contributed by atoms with Crippen molar-refractivity contribution in [2.24, 2.45) is 0 Å². The number of β-amino-alcohol motifs (C(OH)–C–C–N with tert-alkyl or cyclic N) is 1. The van der Waals surface area contributed by atoms with Crippen LogP contribution in [0.4, 0.5) is 0 Å². The highest BCUT2D eigenvalue weighted by molar-refractivity contribution is 4.95. The summed E-state index contributed by atoms with van der Waals surface area (Å²) in [7, 11) is 0. The Hall–Kier alpha value is -0.520. The van der Waals surface area contributed by atoms with Gasteiger partial charge >= 0.3 is 0 Å². The quantitative estimate of drug-likeness (QED) is 0.616. The van der Waals surface area contributed by atoms with Gasteiger partial charge in [0, 0.05) is 19.5 Å². The van der Waals surface area contributed by atoms with Crippen LogP contribution in [0, 0.1) is 11.8 Å². The summed E-state index contributed by atoms with van der Waals surface area (Å²) >= 11 is 0. The summed E-state index contributed by atoms with van der Waals surface area (Å²) in [6.45, 7) is 4.84. The van der Waals surface area contributed by atoms with E-state index in [1.165, 1.54) is 0 Å². The molecule has 0 unspecified atom stereocenters. The predicted molar refractivity (Wildman–Crippen MR) is 49.7 cm³/mol. The maximum Gasteiger partial charge on any atom is 0.0667 e. The number of aliphatic hydroxyl groups is 1. The lowest BCUT2D eigenvalue weighted by Crippen LogP contribution is -2.38. The van der Waals surface area contributed by atoms with E-state index in [9.17, 15) is 5.11 Å². The van der Waals surface area contributed by atoms with Crippen molar-refractivity contribution in [1.82, 2.24) is 4.90 Å². The van der Waals surface area contributed by atoms with Crippen LogP contribution in [0.15, 0.2) is 0 Å². The van der Waals surface area contributed by atoms with Crippen LogP contribution in [0.1, 0.15) is 26.2 Å². The van der Waals surface area contributed by atoms with Crippen LogP contribution in [0.25, 0.3) is 0 Å². The Morgan fingerprint density at radius 1 is 1.58 bits per heavy atom. The maximum atomic E-state index is 9.36. The van der Waals surface area contributed by atoms with Crippen LogP contribution in [-0.2, 0) is 0 Å². The predicted octanol–water partition coefficient (Wildman–Crippen LogP) is 0.857. The van der Waals surface area contributed by atoms with Gasteiger partial charge in [-0.25, -0.2) is 0 Å². The van der Waals surface area contributed by atoms with Gasteiger partial charge in [0.1, 0.15) is 0 Å². The minimum absolute atomic E-state index is 0.103. The van der Waals surface area contributed by atoms with Gasteiger partial charge in [-0.3, -0.25) is 4.90 Å². The number of aliphatic hydroxyl groups excluding tert-OH is 1. The second-order valence-electron chi connectivity index (χ2n) is 3.27. The molecule has 2 nitrogen and oxygen atoms in total. The molecule has 0 spiro atoms. The smallest absolute Gasteiger partial charge is 0.0667 e. The lowest BCUT2D eigenvalue weighted by molar-refractivity contribution is 0.0720. The van der Waals surface area contributed by atoms with E-state index in [0.29, 0.717) is 0 Å². The molecule has 1 saturated heterocycles. The Bertz CT molecular complexity index is 180. The first-order chi connectivity index (χ1) is 5.83. The van der Waals surface area contributed by atoms with Gasteiger partial charge in [-0.1, -0.05) is 0 Å². The third kappa shape index (κ3) is 3.25. The summed E-state index contributed by atoms with van der Waals surface area (Å²) in [5.74, 6) is 5.92. The molecule has 0 radical (unpaired) electrons. The average molecular weight is 167 g/mol. The lowest BCUT2D eigenvalue weighted by atomic mass is 10.1. The molecule has 0 aromatic heterocycles. The Kier molecular flexibility index (Phi) is 4.13. The van der Waals surface area contributed by atoms with Crippen molar-refractivity contribution in [2.45, 2.75) is 32.3 Å². The van der Waals surface area contributed by atoms with Crippen LogP contribution in [0.3, 0.4) is 0 Å². The molecule has 68 valence electrons. The number of piperidine rings is 1. The van der Waals surface area contributed by atoms with Gasteiger partial charge < -0.3 is 5.11 Å². The molecule has 1 aliphatic rings. The van der Waals surface area contributed by atoms with Gasteiger partial charge in [-0.15, -0.1) is 11.8 Å². The zero-order chi connectivity index (χ0) is 8.81. The van der Waals surface area contributed by atoms with Gasteiger partial charge in [-0.05, 0) is 26.3 Å². The van der Waals surface area contributed by atoms with Gasteiger partial charge in [0.25, 0.3) is 0 Å². The first-order valence-electron chi connectivity index (χ1n) is 4.63. The van der Waals surface area contributed by atoms with Gasteiger partial charge in [0.2, 0.25) is 0 Å². The van der Waals surface area contributed by atoms with E-state index >= 15 is 0 Å². The standard InChI is InChI=1S/C10H17NO/c1-2-3-4-7-11-8-5-6-10(12)9-11/h10,12H,4-9H2,1H3/t10-/m0/s1. The van der Waals surface area contributed by atoms with Gasteiger partial charge in [0.15, 0.2) is 0 Å². The first-order valence-corrected chi connectivity index (χ1v) is 4.63. The summed E-state index contributed by atoms with van der Waals surface area (Å²) in [4.78, 5) is 2.29. The normalized spacial score (nSPS) is 24.7. The second-order valence-corrected chi connectivity index (χ2v) is 3.27. The van der Waals surface area contributed by atoms with Crippen molar-refractivity contribution in [1.29, 1.82) is 0 Å². The first kappa shape index (κ1) is 9.57. The summed E-state index contributed by atoms with van der Waals surface area (Å²) in [5.41, 5.74) is 0. The zero-order valence-corrected chi connectivity index (χ0v) is 7.71. The minimum atomic E-state index is -0.103. The summed E-state index contributed by atoms with van der Waals surface area (Å²) in [6, 6.07) is 0. The molecule has 1 fully saturated rings. The highest BCUT2D eigenvalue weighted by atomic mass is 16.3. The molecule has 0 aromatic rings. The molecule has 1 rings (SSSR count). The highest BCUT2D eigenvalue weighted by Crippen LogP contribution is 2.09. The van der Waals surface area contributed by atoms with Crippen molar-refractivity contribution in [3.63, 3.8) is 0 Å². The molecule has 2 heteroatoms. The number of likely N-dealkylation sites (tertiary alicyclic amines) is 1. The third-order valence-corrected chi connectivity index (χ3v) is 2.21. The molecule has 0 aromatic carbocycles. The van der Waals surface area contributed by atoms with E-state index in [1.54, 1.807) is 0 Å². The molecular formula is C10H17NO. The molecule has 1 aliphatic heterocycles. The van der Waals surface area contributed by atoms with Crippen LogP contribution >= 0.6 is 0 Å². The maximum absolute atomic E-state index is 9.36. The molecule has 0 saturated carbocycles. The van der Waals surface area contributed by atoms with E-state index in [4.69, 9.17) is 0 Å². The van der Waals surface area contributed by atoms with Gasteiger partial charge in [0.05, 0.1) is 6.10 Å². The fourth-order valence-electron chi connectivity index (χ4n) is 1.57. The molecule has 0 amide bonds. The molecule has 0 aliphatic carbocycles. The highest BCUT2D eigenvalue weighted by Gasteiger charge is 2.16. The fourth-order valence-corrected chi connectivity index (χ4v) is 1.57. The molecule has 0 bridgehead atoms. The van der Waals surface area contributed by atoms with Crippen molar-refractivity contribution < 1.29 is 5.11 Å². The molecular weight excluding hydrogens is 150 g/mol. The molecule has 1 heterocycles. The number of nitrogens with zero attached hydrogens (tertiary/aromatic N) is 1. The summed E-state index contributed by atoms with van der Waals surface area (Å²) in [5, 5.41) is 9.36. The molecule has 1 N–H and O–H groups in total. The van der Waals surface area contributed by atoms with Crippen molar-refractivity contribution >= 4 is 0 Å². The van der Waals surface area contributed by atoms with Crippen LogP contribution in [-0.4, -0.2) is 35.7 Å². The summed E-state index contributed by atoms with van der Waals surface area (Å²) < 4.78 is 0. The topological polar surface area (TPSA) is 23.5 Å². The Morgan fingerprint density at radius 3 is 3.08 bits per heavy atom. The largest absolute Gasteiger partial charge is 0.392 e. The summed E-state index contributed by atoms with van der Waals surface area (Å²) in [6.07, 6.45) is 2.92. The molecule has 1 atom stereocenters. The zero-order valence-electron chi connectivity index (χ0n) is 7.71. The second kappa shape index (κ2) is 5.18. The monoisotopic (exact) mass is 167 g/mol. The minimum Gasteiger partial charge on any atom is -0.392 e. The number of rotatable bonds is 2. The van der Waals surface area contributed by atoms with Crippen molar-refractivity contribution in [3.8, 4) is 11.8 Å². The van der Waals surface area contributed by atoms with Gasteiger partial charge in [-0.2, -0.15) is 0 Å². The number of hydrogen-bond donors (Lipinski definition) is 1. The third-order valence-electron chi connectivity index (χ3n) is 2.21. The van der Waals surface area contributed by atoms with E-state index in [2.05, 4.69) is 16.7 Å². The van der Waals surface area contributed by atoms with Crippen LogP contribution in [0.5, 0.6) is 0 Å². The average Bonchev–Trinajstić information content (AvgIpc) is 2.05. The molecule has 12 heavy (non-hydrogen) atoms. The Balaban J connectivity index is 2.17. The van der Waals surface area contributed by atoms with E-state index in [-0.39, 0.29) is 6.10 Å². The van der Waals surface area contributed by atoms with Crippen molar-refractivity contribution in [3.05, 3.63) is 0 Å². The van der Waals surface area contributed by atoms with Crippen LogP contribution < -0.4 is 0 Å². The lowest BCUT2D eigenvalue weighted by Gasteiger charge is -2.29. The SMILES string of the molecule is CC#CCCN1CCC[C@H](O)C1. The van der Waals surface area contributed by atoms with Crippen LogP contribution in [0.2, 0.25) is 0 Å². The Labute approximate surface area is 74.6 Å². The van der Waals surface area contributed by atoms with E-state index < -0.39 is 0 Å². The Morgan fingerprint density at radius 2 is 2.42 bits per heavy atom. The van der Waals surface area contributed by atoms with E-state index in [0.717, 1.165) is 38.9 Å².